The first kappa shape index (κ1) is 9.26. The van der Waals surface area contributed by atoms with Crippen molar-refractivity contribution in [2.75, 3.05) is 38.6 Å². The van der Waals surface area contributed by atoms with E-state index in [1.54, 1.807) is 0 Å². The van der Waals surface area contributed by atoms with Gasteiger partial charge in [0.25, 0.3) is 0 Å². The lowest BCUT2D eigenvalue weighted by atomic mass is 10.3. The number of piperazine rings is 1. The highest BCUT2D eigenvalue weighted by molar-refractivity contribution is 6.18. The van der Waals surface area contributed by atoms with Gasteiger partial charge in [-0.25, -0.2) is 0 Å². The van der Waals surface area contributed by atoms with Crippen LogP contribution in [0, 0.1) is 0 Å². The van der Waals surface area contributed by atoms with Gasteiger partial charge in [0.2, 0.25) is 0 Å². The summed E-state index contributed by atoms with van der Waals surface area (Å²) in [6.45, 7) is 4.80. The van der Waals surface area contributed by atoms with Crippen LogP contribution in [0.1, 0.15) is 0 Å². The molecule has 0 amide bonds. The number of nitrogens with zero attached hydrogens (tertiary/aromatic N) is 1. The normalized spacial score (nSPS) is 23.5. The first-order valence-electron chi connectivity index (χ1n) is 4.00. The highest BCUT2D eigenvalue weighted by atomic mass is 35.5. The van der Waals surface area contributed by atoms with Crippen LogP contribution in [0.5, 0.6) is 0 Å². The van der Waals surface area contributed by atoms with Gasteiger partial charge in [-0.15, -0.1) is 11.6 Å². The molecule has 1 unspecified atom stereocenters. The van der Waals surface area contributed by atoms with Crippen LogP contribution >= 0.6 is 11.6 Å². The monoisotopic (exact) mass is 178 g/mol. The van der Waals surface area contributed by atoms with E-state index in [-0.39, 0.29) is 6.10 Å². The number of hydrogen-bond donors (Lipinski definition) is 2. The zero-order valence-corrected chi connectivity index (χ0v) is 7.35. The van der Waals surface area contributed by atoms with Crippen LogP contribution in [0.25, 0.3) is 0 Å². The Balaban J connectivity index is 2.13. The molecule has 1 rings (SSSR count). The molecule has 11 heavy (non-hydrogen) atoms. The van der Waals surface area contributed by atoms with Crippen molar-refractivity contribution in [3.05, 3.63) is 0 Å². The maximum atomic E-state index is 9.22. The summed E-state index contributed by atoms with van der Waals surface area (Å²) in [5.41, 5.74) is 0. The lowest BCUT2D eigenvalue weighted by Gasteiger charge is -2.28. The molecule has 0 saturated carbocycles. The molecule has 0 aromatic rings. The number of aliphatic hydroxyl groups is 1. The second-order valence-electron chi connectivity index (χ2n) is 2.86. The largest absolute Gasteiger partial charge is 0.391 e. The third-order valence-corrected chi connectivity index (χ3v) is 2.21. The maximum Gasteiger partial charge on any atom is 0.0802 e. The Hall–Kier alpha value is 0.170. The Morgan fingerprint density at radius 2 is 2.09 bits per heavy atom. The third-order valence-electron chi connectivity index (χ3n) is 1.86. The van der Waals surface area contributed by atoms with Crippen LogP contribution in [0.3, 0.4) is 0 Å². The predicted molar refractivity (Wildman–Crippen MR) is 46.0 cm³/mol. The van der Waals surface area contributed by atoms with E-state index in [4.69, 9.17) is 11.6 Å². The van der Waals surface area contributed by atoms with Crippen LogP contribution in [0.2, 0.25) is 0 Å². The molecule has 4 heteroatoms. The van der Waals surface area contributed by atoms with Crippen molar-refractivity contribution in [2.24, 2.45) is 0 Å². The zero-order chi connectivity index (χ0) is 8.10. The fraction of sp³-hybridized carbons (Fsp3) is 1.00. The van der Waals surface area contributed by atoms with Crippen LogP contribution < -0.4 is 5.32 Å². The van der Waals surface area contributed by atoms with E-state index in [1.165, 1.54) is 0 Å². The molecule has 1 atom stereocenters. The van der Waals surface area contributed by atoms with Gasteiger partial charge in [-0.05, 0) is 0 Å². The molecule has 0 aromatic carbocycles. The van der Waals surface area contributed by atoms with Gasteiger partial charge in [-0.3, -0.25) is 4.90 Å². The van der Waals surface area contributed by atoms with Crippen molar-refractivity contribution < 1.29 is 5.11 Å². The number of alkyl halides is 1. The number of rotatable bonds is 3. The van der Waals surface area contributed by atoms with Crippen molar-refractivity contribution in [3.8, 4) is 0 Å². The van der Waals surface area contributed by atoms with Crippen LogP contribution in [0.15, 0.2) is 0 Å². The summed E-state index contributed by atoms with van der Waals surface area (Å²) < 4.78 is 0. The molecule has 0 spiro atoms. The van der Waals surface area contributed by atoms with E-state index in [0.717, 1.165) is 26.2 Å². The van der Waals surface area contributed by atoms with Crippen LogP contribution in [0.4, 0.5) is 0 Å². The first-order chi connectivity index (χ1) is 5.33. The van der Waals surface area contributed by atoms with Crippen molar-refractivity contribution >= 4 is 11.6 Å². The maximum absolute atomic E-state index is 9.22. The second-order valence-corrected chi connectivity index (χ2v) is 3.17. The fourth-order valence-corrected chi connectivity index (χ4v) is 1.34. The van der Waals surface area contributed by atoms with Crippen LogP contribution in [-0.4, -0.2) is 54.7 Å². The lowest BCUT2D eigenvalue weighted by Crippen LogP contribution is -2.46. The van der Waals surface area contributed by atoms with Crippen molar-refractivity contribution in [1.29, 1.82) is 0 Å². The van der Waals surface area contributed by atoms with Crippen molar-refractivity contribution in [3.63, 3.8) is 0 Å². The van der Waals surface area contributed by atoms with Gasteiger partial charge >= 0.3 is 0 Å². The minimum atomic E-state index is -0.366. The van der Waals surface area contributed by atoms with Gasteiger partial charge in [0.05, 0.1) is 6.10 Å². The molecule has 66 valence electrons. The van der Waals surface area contributed by atoms with Crippen molar-refractivity contribution in [2.45, 2.75) is 6.10 Å². The first-order valence-corrected chi connectivity index (χ1v) is 4.53. The highest BCUT2D eigenvalue weighted by Crippen LogP contribution is 1.96. The molecule has 1 saturated heterocycles. The fourth-order valence-electron chi connectivity index (χ4n) is 1.24. The summed E-state index contributed by atoms with van der Waals surface area (Å²) in [7, 11) is 0. The van der Waals surface area contributed by atoms with Gasteiger partial charge in [-0.2, -0.15) is 0 Å². The Kier molecular flexibility index (Phi) is 4.15. The molecule has 0 bridgehead atoms. The van der Waals surface area contributed by atoms with E-state index in [9.17, 15) is 5.11 Å². The SMILES string of the molecule is OC(CCl)CN1CCNCC1. The average molecular weight is 179 g/mol. The van der Waals surface area contributed by atoms with E-state index in [1.807, 2.05) is 0 Å². The number of hydrogen-bond acceptors (Lipinski definition) is 3. The quantitative estimate of drug-likeness (QED) is 0.572. The number of aliphatic hydroxyl groups excluding tert-OH is 1. The highest BCUT2D eigenvalue weighted by Gasteiger charge is 2.12. The lowest BCUT2D eigenvalue weighted by molar-refractivity contribution is 0.120. The molecular weight excluding hydrogens is 164 g/mol. The Bertz CT molecular complexity index is 107. The molecule has 3 nitrogen and oxygen atoms in total. The Morgan fingerprint density at radius 3 is 2.64 bits per heavy atom. The molecule has 0 radical (unpaired) electrons. The summed E-state index contributed by atoms with van der Waals surface area (Å²) >= 11 is 5.48. The molecule has 1 heterocycles. The summed E-state index contributed by atoms with van der Waals surface area (Å²) in [5, 5.41) is 12.5. The molecular formula is C7H15ClN2O. The zero-order valence-electron chi connectivity index (χ0n) is 6.59. The van der Waals surface area contributed by atoms with Crippen LogP contribution in [-0.2, 0) is 0 Å². The molecule has 2 N–H and O–H groups in total. The van der Waals surface area contributed by atoms with Gasteiger partial charge in [0.15, 0.2) is 0 Å². The minimum Gasteiger partial charge on any atom is -0.391 e. The number of nitrogens with one attached hydrogen (secondary N) is 1. The van der Waals surface area contributed by atoms with Crippen molar-refractivity contribution in [1.82, 2.24) is 10.2 Å². The minimum absolute atomic E-state index is 0.337. The molecule has 1 fully saturated rings. The van der Waals surface area contributed by atoms with E-state index in [0.29, 0.717) is 12.4 Å². The molecule has 1 aliphatic heterocycles. The Labute approximate surface area is 72.3 Å². The smallest absolute Gasteiger partial charge is 0.0802 e. The summed E-state index contributed by atoms with van der Waals surface area (Å²) in [6, 6.07) is 0. The molecule has 0 aromatic heterocycles. The van der Waals surface area contributed by atoms with Gasteiger partial charge in [0.1, 0.15) is 0 Å². The van der Waals surface area contributed by atoms with E-state index < -0.39 is 0 Å². The summed E-state index contributed by atoms with van der Waals surface area (Å²) in [5.74, 6) is 0.337. The van der Waals surface area contributed by atoms with Gasteiger partial charge in [-0.1, -0.05) is 0 Å². The standard InChI is InChI=1S/C7H15ClN2O/c8-5-7(11)6-10-3-1-9-2-4-10/h7,9,11H,1-6H2. The summed E-state index contributed by atoms with van der Waals surface area (Å²) in [4.78, 5) is 2.23. The predicted octanol–water partition coefficient (Wildman–Crippen LogP) is -0.509. The average Bonchev–Trinajstić information content (AvgIpc) is 2.06. The van der Waals surface area contributed by atoms with Gasteiger partial charge < -0.3 is 10.4 Å². The molecule has 0 aliphatic carbocycles. The topological polar surface area (TPSA) is 35.5 Å². The van der Waals surface area contributed by atoms with E-state index >= 15 is 0 Å². The second kappa shape index (κ2) is 4.93. The molecule has 1 aliphatic rings. The summed E-state index contributed by atoms with van der Waals surface area (Å²) in [6.07, 6.45) is -0.366. The number of β-amino-alcohol motifs (C(OH)–C–C–N with tert-alkyl or cyclic N) is 1. The number of halogens is 1. The van der Waals surface area contributed by atoms with Gasteiger partial charge in [0, 0.05) is 38.6 Å². The Morgan fingerprint density at radius 1 is 1.45 bits per heavy atom. The third kappa shape index (κ3) is 3.38. The van der Waals surface area contributed by atoms with E-state index in [2.05, 4.69) is 10.2 Å².